The molecule has 0 unspecified atom stereocenters. The van der Waals surface area contributed by atoms with Crippen molar-refractivity contribution in [1.82, 2.24) is 0 Å². The SMILES string of the molecule is O=C(/C=C/c1ccccc1)c1ccc(N2CCN(c3ccc([N+](=O)[O-])cc3)CC2)cc1. The second-order valence-corrected chi connectivity index (χ2v) is 7.40. The molecular weight excluding hydrogens is 390 g/mol. The van der Waals surface area contributed by atoms with E-state index in [4.69, 9.17) is 0 Å². The molecule has 0 aromatic heterocycles. The van der Waals surface area contributed by atoms with E-state index in [9.17, 15) is 14.9 Å². The normalized spacial score (nSPS) is 14.1. The Labute approximate surface area is 181 Å². The van der Waals surface area contributed by atoms with Crippen LogP contribution < -0.4 is 9.80 Å². The first kappa shape index (κ1) is 20.3. The van der Waals surface area contributed by atoms with Gasteiger partial charge >= 0.3 is 0 Å². The molecule has 0 radical (unpaired) electrons. The molecule has 1 heterocycles. The van der Waals surface area contributed by atoms with E-state index in [1.54, 1.807) is 30.3 Å². The van der Waals surface area contributed by atoms with Gasteiger partial charge in [0, 0.05) is 55.2 Å². The average Bonchev–Trinajstić information content (AvgIpc) is 2.83. The van der Waals surface area contributed by atoms with Crippen molar-refractivity contribution in [3.05, 3.63) is 106 Å². The number of rotatable bonds is 6. The van der Waals surface area contributed by atoms with Gasteiger partial charge in [-0.25, -0.2) is 0 Å². The molecule has 0 atom stereocenters. The van der Waals surface area contributed by atoms with Gasteiger partial charge in [0.2, 0.25) is 0 Å². The highest BCUT2D eigenvalue weighted by Gasteiger charge is 2.18. The van der Waals surface area contributed by atoms with Crippen LogP contribution in [0.25, 0.3) is 6.08 Å². The molecule has 1 saturated heterocycles. The summed E-state index contributed by atoms with van der Waals surface area (Å²) in [5.74, 6) is -0.0154. The molecule has 31 heavy (non-hydrogen) atoms. The number of carbonyl (C=O) groups is 1. The van der Waals surface area contributed by atoms with Gasteiger partial charge < -0.3 is 9.80 Å². The maximum atomic E-state index is 12.4. The number of non-ortho nitro benzene ring substituents is 1. The number of nitrogens with zero attached hydrogens (tertiary/aromatic N) is 3. The van der Waals surface area contributed by atoms with Gasteiger partial charge in [0.1, 0.15) is 0 Å². The van der Waals surface area contributed by atoms with Crippen molar-refractivity contribution >= 4 is 28.9 Å². The zero-order valence-electron chi connectivity index (χ0n) is 17.1. The smallest absolute Gasteiger partial charge is 0.269 e. The van der Waals surface area contributed by atoms with Crippen LogP contribution in [0.4, 0.5) is 17.1 Å². The van der Waals surface area contributed by atoms with Gasteiger partial charge in [-0.3, -0.25) is 14.9 Å². The van der Waals surface area contributed by atoms with Crippen molar-refractivity contribution in [2.45, 2.75) is 0 Å². The van der Waals surface area contributed by atoms with Crippen molar-refractivity contribution in [1.29, 1.82) is 0 Å². The van der Waals surface area contributed by atoms with Crippen LogP contribution in [-0.4, -0.2) is 36.9 Å². The third kappa shape index (κ3) is 4.98. The molecule has 0 bridgehead atoms. The Balaban J connectivity index is 1.34. The first-order valence-corrected chi connectivity index (χ1v) is 10.2. The molecule has 4 rings (SSSR count). The summed E-state index contributed by atoms with van der Waals surface area (Å²) in [6.45, 7) is 3.35. The summed E-state index contributed by atoms with van der Waals surface area (Å²) in [6.07, 6.45) is 3.43. The van der Waals surface area contributed by atoms with Gasteiger partial charge in [-0.2, -0.15) is 0 Å². The number of allylic oxidation sites excluding steroid dienone is 1. The van der Waals surface area contributed by atoms with Crippen LogP contribution in [-0.2, 0) is 0 Å². The minimum absolute atomic E-state index is 0.0154. The molecule has 0 saturated carbocycles. The zero-order chi connectivity index (χ0) is 21.6. The van der Waals surface area contributed by atoms with E-state index in [-0.39, 0.29) is 16.4 Å². The van der Waals surface area contributed by atoms with Gasteiger partial charge in [-0.05, 0) is 48.0 Å². The summed E-state index contributed by atoms with van der Waals surface area (Å²) in [5, 5.41) is 10.8. The quantitative estimate of drug-likeness (QED) is 0.251. The van der Waals surface area contributed by atoms with E-state index in [0.717, 1.165) is 43.1 Å². The summed E-state index contributed by atoms with van der Waals surface area (Å²) >= 11 is 0. The first-order chi connectivity index (χ1) is 15.1. The molecule has 3 aromatic carbocycles. The van der Waals surface area contributed by atoms with E-state index in [2.05, 4.69) is 9.80 Å². The predicted molar refractivity (Wildman–Crippen MR) is 124 cm³/mol. The average molecular weight is 413 g/mol. The van der Waals surface area contributed by atoms with E-state index in [1.165, 1.54) is 0 Å². The number of piperazine rings is 1. The van der Waals surface area contributed by atoms with Gasteiger partial charge in [0.15, 0.2) is 5.78 Å². The molecule has 0 aliphatic carbocycles. The van der Waals surface area contributed by atoms with Crippen molar-refractivity contribution in [2.75, 3.05) is 36.0 Å². The zero-order valence-corrected chi connectivity index (χ0v) is 17.1. The molecule has 0 spiro atoms. The van der Waals surface area contributed by atoms with Gasteiger partial charge in [0.05, 0.1) is 4.92 Å². The van der Waals surface area contributed by atoms with Gasteiger partial charge in [-0.1, -0.05) is 36.4 Å². The molecule has 3 aromatic rings. The summed E-state index contributed by atoms with van der Waals surface area (Å²) in [6, 6.07) is 24.2. The largest absolute Gasteiger partial charge is 0.368 e. The van der Waals surface area contributed by atoms with Crippen LogP contribution in [0.15, 0.2) is 84.9 Å². The van der Waals surface area contributed by atoms with Crippen LogP contribution in [0.2, 0.25) is 0 Å². The highest BCUT2D eigenvalue weighted by Crippen LogP contribution is 2.23. The summed E-state index contributed by atoms with van der Waals surface area (Å²) in [5.41, 5.74) is 3.86. The highest BCUT2D eigenvalue weighted by atomic mass is 16.6. The molecule has 156 valence electrons. The monoisotopic (exact) mass is 413 g/mol. The number of hydrogen-bond donors (Lipinski definition) is 0. The van der Waals surface area contributed by atoms with Crippen molar-refractivity contribution in [2.24, 2.45) is 0 Å². The Morgan fingerprint density at radius 1 is 0.774 bits per heavy atom. The summed E-state index contributed by atoms with van der Waals surface area (Å²) in [4.78, 5) is 27.4. The van der Waals surface area contributed by atoms with Gasteiger partial charge in [-0.15, -0.1) is 0 Å². The minimum atomic E-state index is -0.381. The number of benzene rings is 3. The lowest BCUT2D eigenvalue weighted by molar-refractivity contribution is -0.384. The highest BCUT2D eigenvalue weighted by molar-refractivity contribution is 6.07. The van der Waals surface area contributed by atoms with Crippen molar-refractivity contribution in [3.8, 4) is 0 Å². The van der Waals surface area contributed by atoms with Crippen molar-refractivity contribution < 1.29 is 9.72 Å². The van der Waals surface area contributed by atoms with Crippen LogP contribution in [0, 0.1) is 10.1 Å². The molecule has 1 aliphatic heterocycles. The van der Waals surface area contributed by atoms with E-state index >= 15 is 0 Å². The Bertz CT molecular complexity index is 1070. The Morgan fingerprint density at radius 3 is 1.81 bits per heavy atom. The fourth-order valence-electron chi connectivity index (χ4n) is 3.68. The number of ketones is 1. The number of anilines is 2. The lowest BCUT2D eigenvalue weighted by Gasteiger charge is -2.37. The lowest BCUT2D eigenvalue weighted by atomic mass is 10.1. The Kier molecular flexibility index (Phi) is 6.08. The fraction of sp³-hybridized carbons (Fsp3) is 0.160. The first-order valence-electron chi connectivity index (χ1n) is 10.2. The predicted octanol–water partition coefficient (Wildman–Crippen LogP) is 4.82. The fourth-order valence-corrected chi connectivity index (χ4v) is 3.68. The van der Waals surface area contributed by atoms with Crippen LogP contribution in [0.5, 0.6) is 0 Å². The van der Waals surface area contributed by atoms with E-state index < -0.39 is 0 Å². The summed E-state index contributed by atoms with van der Waals surface area (Å²) in [7, 11) is 0. The Morgan fingerprint density at radius 2 is 1.29 bits per heavy atom. The number of hydrogen-bond acceptors (Lipinski definition) is 5. The number of nitro benzene ring substituents is 1. The number of nitro groups is 1. The number of carbonyl (C=O) groups excluding carboxylic acids is 1. The second kappa shape index (κ2) is 9.26. The standard InChI is InChI=1S/C25H23N3O3/c29-25(15-6-20-4-2-1-3-5-20)21-7-9-22(10-8-21)26-16-18-27(19-17-26)23-11-13-24(14-12-23)28(30)31/h1-15H,16-19H2/b15-6+. The lowest BCUT2D eigenvalue weighted by Crippen LogP contribution is -2.46. The van der Waals surface area contributed by atoms with E-state index in [0.29, 0.717) is 5.56 Å². The second-order valence-electron chi connectivity index (χ2n) is 7.40. The molecule has 0 N–H and O–H groups in total. The molecular formula is C25H23N3O3. The maximum Gasteiger partial charge on any atom is 0.269 e. The van der Waals surface area contributed by atoms with Crippen molar-refractivity contribution in [3.63, 3.8) is 0 Å². The maximum absolute atomic E-state index is 12.4. The molecule has 1 fully saturated rings. The third-order valence-corrected chi connectivity index (χ3v) is 5.45. The van der Waals surface area contributed by atoms with Gasteiger partial charge in [0.25, 0.3) is 5.69 Å². The van der Waals surface area contributed by atoms with E-state index in [1.807, 2.05) is 60.7 Å². The molecule has 6 heteroatoms. The minimum Gasteiger partial charge on any atom is -0.368 e. The van der Waals surface area contributed by atoms with Crippen LogP contribution in [0.3, 0.4) is 0 Å². The third-order valence-electron chi connectivity index (χ3n) is 5.45. The summed E-state index contributed by atoms with van der Waals surface area (Å²) < 4.78 is 0. The topological polar surface area (TPSA) is 66.7 Å². The van der Waals surface area contributed by atoms with Crippen LogP contribution >= 0.6 is 0 Å². The molecule has 1 aliphatic rings. The molecule has 6 nitrogen and oxygen atoms in total. The molecule has 0 amide bonds. The van der Waals surface area contributed by atoms with Crippen LogP contribution in [0.1, 0.15) is 15.9 Å². The Hall–Kier alpha value is -3.93.